The Morgan fingerprint density at radius 1 is 1.47 bits per heavy atom. The molecule has 1 saturated carbocycles. The van der Waals surface area contributed by atoms with Gasteiger partial charge in [-0.3, -0.25) is 10.1 Å². The van der Waals surface area contributed by atoms with E-state index in [4.69, 9.17) is 0 Å². The van der Waals surface area contributed by atoms with E-state index >= 15 is 0 Å². The van der Waals surface area contributed by atoms with E-state index in [1.165, 1.54) is 18.9 Å². The van der Waals surface area contributed by atoms with Gasteiger partial charge in [0, 0.05) is 19.6 Å². The van der Waals surface area contributed by atoms with Crippen molar-refractivity contribution in [2.45, 2.75) is 38.6 Å². The molecule has 0 atom stereocenters. The smallest absolute Gasteiger partial charge is 0.276 e. The van der Waals surface area contributed by atoms with Gasteiger partial charge < -0.3 is 10.2 Å². The highest BCUT2D eigenvalue weighted by molar-refractivity contribution is 5.56. The number of nitrogens with zero attached hydrogens (tertiary/aromatic N) is 3. The summed E-state index contributed by atoms with van der Waals surface area (Å²) >= 11 is 0. The summed E-state index contributed by atoms with van der Waals surface area (Å²) in [6, 6.07) is 3.50. The Labute approximate surface area is 113 Å². The predicted molar refractivity (Wildman–Crippen MR) is 75.7 cm³/mol. The molecule has 0 saturated heterocycles. The second kappa shape index (κ2) is 5.86. The normalized spacial score (nSPS) is 15.5. The van der Waals surface area contributed by atoms with Crippen LogP contribution in [0.4, 0.5) is 17.3 Å². The summed E-state index contributed by atoms with van der Waals surface area (Å²) in [5, 5.41) is 13.9. The van der Waals surface area contributed by atoms with Crippen molar-refractivity contribution in [3.05, 3.63) is 22.2 Å². The molecule has 1 fully saturated rings. The van der Waals surface area contributed by atoms with Gasteiger partial charge in [0.2, 0.25) is 0 Å². The van der Waals surface area contributed by atoms with Crippen LogP contribution in [0.5, 0.6) is 0 Å². The maximum atomic E-state index is 11.0. The SMILES string of the molecule is CCN(c1cc([N+](=O)[O-])cc(NC)n1)C1CCCC1. The molecule has 0 spiro atoms. The van der Waals surface area contributed by atoms with E-state index in [9.17, 15) is 10.1 Å². The van der Waals surface area contributed by atoms with Crippen molar-refractivity contribution in [1.29, 1.82) is 0 Å². The Bertz CT molecular complexity index is 458. The van der Waals surface area contributed by atoms with Gasteiger partial charge in [-0.25, -0.2) is 4.98 Å². The molecular weight excluding hydrogens is 244 g/mol. The van der Waals surface area contributed by atoms with Crippen LogP contribution in [0.2, 0.25) is 0 Å². The lowest BCUT2D eigenvalue weighted by Crippen LogP contribution is -2.33. The fraction of sp³-hybridized carbons (Fsp3) is 0.615. The van der Waals surface area contributed by atoms with Crippen LogP contribution in [0, 0.1) is 10.1 Å². The Morgan fingerprint density at radius 2 is 2.16 bits per heavy atom. The van der Waals surface area contributed by atoms with Crippen LogP contribution < -0.4 is 10.2 Å². The van der Waals surface area contributed by atoms with Crippen molar-refractivity contribution in [1.82, 2.24) is 4.98 Å². The highest BCUT2D eigenvalue weighted by Crippen LogP contribution is 2.30. The lowest BCUT2D eigenvalue weighted by Gasteiger charge is -2.28. The number of anilines is 2. The predicted octanol–water partition coefficient (Wildman–Crippen LogP) is 2.80. The third kappa shape index (κ3) is 2.94. The quantitative estimate of drug-likeness (QED) is 0.654. The molecular formula is C13H20N4O2. The average molecular weight is 264 g/mol. The summed E-state index contributed by atoms with van der Waals surface area (Å²) in [4.78, 5) is 17.3. The zero-order valence-corrected chi connectivity index (χ0v) is 11.4. The van der Waals surface area contributed by atoms with Gasteiger partial charge in [-0.2, -0.15) is 0 Å². The van der Waals surface area contributed by atoms with E-state index in [0.717, 1.165) is 19.4 Å². The molecule has 1 aromatic heterocycles. The molecule has 0 radical (unpaired) electrons. The first-order chi connectivity index (χ1) is 9.15. The largest absolute Gasteiger partial charge is 0.373 e. The van der Waals surface area contributed by atoms with E-state index < -0.39 is 0 Å². The van der Waals surface area contributed by atoms with Crippen molar-refractivity contribution >= 4 is 17.3 Å². The van der Waals surface area contributed by atoms with Crippen molar-refractivity contribution in [3.63, 3.8) is 0 Å². The van der Waals surface area contributed by atoms with Gasteiger partial charge in [0.1, 0.15) is 11.6 Å². The summed E-state index contributed by atoms with van der Waals surface area (Å²) in [6.45, 7) is 2.89. The van der Waals surface area contributed by atoms with Gasteiger partial charge in [-0.15, -0.1) is 0 Å². The fourth-order valence-electron chi connectivity index (χ4n) is 2.71. The van der Waals surface area contributed by atoms with Crippen LogP contribution in [0.15, 0.2) is 12.1 Å². The number of hydrogen-bond donors (Lipinski definition) is 1. The van der Waals surface area contributed by atoms with Crippen LogP contribution in [-0.2, 0) is 0 Å². The van der Waals surface area contributed by atoms with Crippen LogP contribution >= 0.6 is 0 Å². The van der Waals surface area contributed by atoms with Gasteiger partial charge in [0.05, 0.1) is 17.1 Å². The van der Waals surface area contributed by atoms with Crippen LogP contribution in [-0.4, -0.2) is 29.5 Å². The highest BCUT2D eigenvalue weighted by Gasteiger charge is 2.24. The topological polar surface area (TPSA) is 71.3 Å². The zero-order valence-electron chi connectivity index (χ0n) is 11.4. The molecule has 104 valence electrons. The fourth-order valence-corrected chi connectivity index (χ4v) is 2.71. The second-order valence-corrected chi connectivity index (χ2v) is 4.80. The van der Waals surface area contributed by atoms with Gasteiger partial charge >= 0.3 is 0 Å². The molecule has 0 aromatic carbocycles. The second-order valence-electron chi connectivity index (χ2n) is 4.80. The first kappa shape index (κ1) is 13.6. The molecule has 1 aliphatic rings. The van der Waals surface area contributed by atoms with Crippen LogP contribution in [0.25, 0.3) is 0 Å². The molecule has 1 N–H and O–H groups in total. The number of rotatable bonds is 5. The Morgan fingerprint density at radius 3 is 2.68 bits per heavy atom. The third-order valence-corrected chi connectivity index (χ3v) is 3.66. The van der Waals surface area contributed by atoms with E-state index in [1.807, 2.05) is 0 Å². The van der Waals surface area contributed by atoms with Gasteiger partial charge in [0.25, 0.3) is 5.69 Å². The number of pyridine rings is 1. The Balaban J connectivity index is 2.35. The summed E-state index contributed by atoms with van der Waals surface area (Å²) in [5.74, 6) is 1.24. The Hall–Kier alpha value is -1.85. The minimum Gasteiger partial charge on any atom is -0.373 e. The summed E-state index contributed by atoms with van der Waals surface area (Å²) < 4.78 is 0. The summed E-state index contributed by atoms with van der Waals surface area (Å²) in [7, 11) is 1.72. The number of aromatic nitrogens is 1. The molecule has 19 heavy (non-hydrogen) atoms. The summed E-state index contributed by atoms with van der Waals surface area (Å²) in [6.07, 6.45) is 4.75. The van der Waals surface area contributed by atoms with E-state index in [1.54, 1.807) is 13.1 Å². The molecule has 6 nitrogen and oxygen atoms in total. The first-order valence-electron chi connectivity index (χ1n) is 6.76. The van der Waals surface area contributed by atoms with Crippen molar-refractivity contribution in [3.8, 4) is 0 Å². The first-order valence-corrected chi connectivity index (χ1v) is 6.76. The summed E-state index contributed by atoms with van der Waals surface area (Å²) in [5.41, 5.74) is 0.0887. The number of nitrogens with one attached hydrogen (secondary N) is 1. The van der Waals surface area contributed by atoms with Crippen molar-refractivity contribution in [2.75, 3.05) is 23.8 Å². The molecule has 6 heteroatoms. The third-order valence-electron chi connectivity index (χ3n) is 3.66. The maximum Gasteiger partial charge on any atom is 0.276 e. The number of nitro groups is 1. The lowest BCUT2D eigenvalue weighted by atomic mass is 10.2. The van der Waals surface area contributed by atoms with Gasteiger partial charge in [-0.05, 0) is 19.8 Å². The minimum atomic E-state index is -0.367. The molecule has 0 aliphatic heterocycles. The molecule has 1 heterocycles. The zero-order chi connectivity index (χ0) is 13.8. The molecule has 0 amide bonds. The van der Waals surface area contributed by atoms with Gasteiger partial charge in [0.15, 0.2) is 0 Å². The van der Waals surface area contributed by atoms with Crippen LogP contribution in [0.3, 0.4) is 0 Å². The Kier molecular flexibility index (Phi) is 4.19. The molecule has 0 unspecified atom stereocenters. The van der Waals surface area contributed by atoms with Crippen molar-refractivity contribution < 1.29 is 4.92 Å². The van der Waals surface area contributed by atoms with E-state index in [-0.39, 0.29) is 10.6 Å². The van der Waals surface area contributed by atoms with Gasteiger partial charge in [-0.1, -0.05) is 12.8 Å². The molecule has 2 rings (SSSR count). The van der Waals surface area contributed by atoms with Crippen LogP contribution in [0.1, 0.15) is 32.6 Å². The lowest BCUT2D eigenvalue weighted by molar-refractivity contribution is -0.384. The molecule has 1 aliphatic carbocycles. The van der Waals surface area contributed by atoms with Crippen molar-refractivity contribution in [2.24, 2.45) is 0 Å². The standard InChI is InChI=1S/C13H20N4O2/c1-3-16(10-6-4-5-7-10)13-9-11(17(18)19)8-12(14-2)15-13/h8-10H,3-7H2,1-2H3,(H,14,15). The average Bonchev–Trinajstić information content (AvgIpc) is 2.93. The molecule has 0 bridgehead atoms. The number of hydrogen-bond acceptors (Lipinski definition) is 5. The van der Waals surface area contributed by atoms with E-state index in [0.29, 0.717) is 17.7 Å². The minimum absolute atomic E-state index is 0.0887. The highest BCUT2D eigenvalue weighted by atomic mass is 16.6. The maximum absolute atomic E-state index is 11.0. The van der Waals surface area contributed by atoms with E-state index in [2.05, 4.69) is 22.1 Å². The molecule has 1 aromatic rings. The monoisotopic (exact) mass is 264 g/mol.